The molecule has 0 bridgehead atoms. The monoisotopic (exact) mass is 535 g/mol. The van der Waals surface area contributed by atoms with Gasteiger partial charge in [-0.1, -0.05) is 31.2 Å². The van der Waals surface area contributed by atoms with E-state index in [2.05, 4.69) is 15.6 Å². The third-order valence-corrected chi connectivity index (χ3v) is 6.63. The van der Waals surface area contributed by atoms with E-state index >= 15 is 0 Å². The Labute approximate surface area is 227 Å². The standard InChI is InChI=1S/C29H34FN5O4/c1-5-14-35-27(37)25-24(26(36)31-15-21-8-12-23(13-9-21)39-19(2)3)33-18-34(25)17-29(35,4)28(38)32-16-20-6-10-22(30)11-7-20/h6-13,18-19H,5,14-17H2,1-4H3,(H,31,36)(H,32,38). The Balaban J connectivity index is 1.48. The topological polar surface area (TPSA) is 106 Å². The van der Waals surface area contributed by atoms with Crippen molar-refractivity contribution in [3.63, 3.8) is 0 Å². The molecule has 1 unspecified atom stereocenters. The molecule has 0 saturated carbocycles. The summed E-state index contributed by atoms with van der Waals surface area (Å²) in [5.41, 5.74) is 0.591. The smallest absolute Gasteiger partial charge is 0.273 e. The zero-order valence-corrected chi connectivity index (χ0v) is 22.7. The second-order valence-electron chi connectivity index (χ2n) is 10.1. The van der Waals surface area contributed by atoms with Gasteiger partial charge in [0.15, 0.2) is 5.69 Å². The van der Waals surface area contributed by atoms with Crippen LogP contribution >= 0.6 is 0 Å². The molecule has 3 aromatic rings. The predicted molar refractivity (Wildman–Crippen MR) is 144 cm³/mol. The Bertz CT molecular complexity index is 1340. The van der Waals surface area contributed by atoms with Crippen LogP contribution in [0.1, 0.15) is 66.2 Å². The maximum Gasteiger partial charge on any atom is 0.273 e. The van der Waals surface area contributed by atoms with Crippen LogP contribution in [0.5, 0.6) is 5.75 Å². The third kappa shape index (κ3) is 6.10. The summed E-state index contributed by atoms with van der Waals surface area (Å²) in [6.45, 7) is 8.44. The fourth-order valence-electron chi connectivity index (χ4n) is 4.63. The average molecular weight is 536 g/mol. The number of imidazole rings is 1. The molecule has 9 nitrogen and oxygen atoms in total. The second kappa shape index (κ2) is 11.7. The molecule has 3 amide bonds. The van der Waals surface area contributed by atoms with E-state index in [1.807, 2.05) is 45.0 Å². The van der Waals surface area contributed by atoms with Gasteiger partial charge in [-0.2, -0.15) is 0 Å². The van der Waals surface area contributed by atoms with Crippen LogP contribution in [0.25, 0.3) is 0 Å². The maximum absolute atomic E-state index is 13.7. The molecule has 39 heavy (non-hydrogen) atoms. The van der Waals surface area contributed by atoms with Crippen molar-refractivity contribution in [2.75, 3.05) is 6.54 Å². The number of fused-ring (bicyclic) bond motifs is 1. The Morgan fingerprint density at radius 3 is 2.28 bits per heavy atom. The van der Waals surface area contributed by atoms with Crippen molar-refractivity contribution in [1.82, 2.24) is 25.1 Å². The number of carbonyl (C=O) groups is 3. The van der Waals surface area contributed by atoms with Gasteiger partial charge < -0.3 is 24.8 Å². The average Bonchev–Trinajstić information content (AvgIpc) is 3.33. The summed E-state index contributed by atoms with van der Waals surface area (Å²) in [4.78, 5) is 45.9. The summed E-state index contributed by atoms with van der Waals surface area (Å²) in [5, 5.41) is 5.71. The number of hydrogen-bond donors (Lipinski definition) is 2. The number of hydrogen-bond acceptors (Lipinski definition) is 5. The number of ether oxygens (including phenoxy) is 1. The van der Waals surface area contributed by atoms with Crippen LogP contribution in [0, 0.1) is 5.82 Å². The number of halogens is 1. The molecule has 10 heteroatoms. The van der Waals surface area contributed by atoms with Gasteiger partial charge in [0.25, 0.3) is 11.8 Å². The van der Waals surface area contributed by atoms with Crippen molar-refractivity contribution in [3.05, 3.63) is 83.2 Å². The van der Waals surface area contributed by atoms with Crippen molar-refractivity contribution in [2.24, 2.45) is 0 Å². The van der Waals surface area contributed by atoms with E-state index in [1.165, 1.54) is 23.4 Å². The van der Waals surface area contributed by atoms with Crippen LogP contribution in [-0.2, 0) is 24.4 Å². The molecular formula is C29H34FN5O4. The first-order chi connectivity index (χ1) is 18.6. The third-order valence-electron chi connectivity index (χ3n) is 6.63. The normalized spacial score (nSPS) is 16.7. The molecule has 1 aliphatic heterocycles. The molecule has 0 aliphatic carbocycles. The maximum atomic E-state index is 13.7. The Morgan fingerprint density at radius 2 is 1.67 bits per heavy atom. The van der Waals surface area contributed by atoms with Crippen molar-refractivity contribution >= 4 is 17.7 Å². The molecular weight excluding hydrogens is 501 g/mol. The fraction of sp³-hybridized carbons (Fsp3) is 0.379. The molecule has 2 N–H and O–H groups in total. The van der Waals surface area contributed by atoms with E-state index in [-0.39, 0.29) is 48.9 Å². The number of nitrogens with zero attached hydrogens (tertiary/aromatic N) is 3. The van der Waals surface area contributed by atoms with E-state index < -0.39 is 17.4 Å². The molecule has 0 fully saturated rings. The molecule has 0 radical (unpaired) electrons. The number of amides is 3. The summed E-state index contributed by atoms with van der Waals surface area (Å²) in [7, 11) is 0. The lowest BCUT2D eigenvalue weighted by atomic mass is 9.94. The molecule has 0 saturated heterocycles. The minimum atomic E-state index is -1.20. The molecule has 2 heterocycles. The summed E-state index contributed by atoms with van der Waals surface area (Å²) in [5.74, 6) is -0.857. The summed E-state index contributed by atoms with van der Waals surface area (Å²) >= 11 is 0. The minimum Gasteiger partial charge on any atom is -0.491 e. The molecule has 1 aliphatic rings. The first-order valence-corrected chi connectivity index (χ1v) is 13.1. The highest BCUT2D eigenvalue weighted by atomic mass is 19.1. The minimum absolute atomic E-state index is 0.0228. The van der Waals surface area contributed by atoms with E-state index in [0.717, 1.165) is 16.9 Å². The number of benzene rings is 2. The Kier molecular flexibility index (Phi) is 8.32. The summed E-state index contributed by atoms with van der Waals surface area (Å²) in [6.07, 6.45) is 2.11. The summed E-state index contributed by atoms with van der Waals surface area (Å²) in [6, 6.07) is 13.3. The van der Waals surface area contributed by atoms with Gasteiger partial charge in [-0.05, 0) is 62.6 Å². The first kappa shape index (κ1) is 27.8. The van der Waals surface area contributed by atoms with Crippen molar-refractivity contribution in [1.29, 1.82) is 0 Å². The highest BCUT2D eigenvalue weighted by molar-refractivity contribution is 6.07. The van der Waals surface area contributed by atoms with E-state index in [1.54, 1.807) is 23.6 Å². The van der Waals surface area contributed by atoms with Crippen molar-refractivity contribution in [2.45, 2.75) is 65.4 Å². The van der Waals surface area contributed by atoms with Gasteiger partial charge >= 0.3 is 0 Å². The van der Waals surface area contributed by atoms with Gasteiger partial charge in [0.05, 0.1) is 19.0 Å². The van der Waals surface area contributed by atoms with Gasteiger partial charge in [0, 0.05) is 19.6 Å². The van der Waals surface area contributed by atoms with E-state index in [4.69, 9.17) is 4.74 Å². The SMILES string of the molecule is CCCN1C(=O)c2c(C(=O)NCc3ccc(OC(C)C)cc3)ncn2CC1(C)C(=O)NCc1ccc(F)cc1. The second-order valence-corrected chi connectivity index (χ2v) is 10.1. The zero-order valence-electron chi connectivity index (χ0n) is 22.7. The first-order valence-electron chi connectivity index (χ1n) is 13.1. The quantitative estimate of drug-likeness (QED) is 0.412. The molecule has 1 aromatic heterocycles. The number of aromatic nitrogens is 2. The van der Waals surface area contributed by atoms with Crippen molar-refractivity contribution < 1.29 is 23.5 Å². The van der Waals surface area contributed by atoms with Crippen molar-refractivity contribution in [3.8, 4) is 5.75 Å². The number of rotatable bonds is 10. The lowest BCUT2D eigenvalue weighted by Gasteiger charge is -2.43. The lowest BCUT2D eigenvalue weighted by Crippen LogP contribution is -2.64. The van der Waals surface area contributed by atoms with Gasteiger partial charge in [-0.3, -0.25) is 14.4 Å². The number of carbonyl (C=O) groups excluding carboxylic acids is 3. The molecule has 1 atom stereocenters. The van der Waals surface area contributed by atoms with E-state index in [0.29, 0.717) is 13.0 Å². The fourth-order valence-corrected chi connectivity index (χ4v) is 4.63. The molecule has 2 aromatic carbocycles. The highest BCUT2D eigenvalue weighted by Gasteiger charge is 2.48. The van der Waals surface area contributed by atoms with Gasteiger partial charge in [0.1, 0.15) is 22.8 Å². The Hall–Kier alpha value is -4.21. The van der Waals surface area contributed by atoms with Gasteiger partial charge in [-0.25, -0.2) is 9.37 Å². The van der Waals surface area contributed by atoms with Crippen LogP contribution in [0.2, 0.25) is 0 Å². The van der Waals surface area contributed by atoms with Gasteiger partial charge in [-0.15, -0.1) is 0 Å². The van der Waals surface area contributed by atoms with Crippen LogP contribution in [0.3, 0.4) is 0 Å². The van der Waals surface area contributed by atoms with Gasteiger partial charge in [0.2, 0.25) is 5.91 Å². The number of nitrogens with one attached hydrogen (secondary N) is 2. The molecule has 4 rings (SSSR count). The van der Waals surface area contributed by atoms with Crippen LogP contribution in [0.15, 0.2) is 54.9 Å². The molecule has 0 spiro atoms. The molecule has 206 valence electrons. The van der Waals surface area contributed by atoms with E-state index in [9.17, 15) is 18.8 Å². The zero-order chi connectivity index (χ0) is 28.2. The summed E-state index contributed by atoms with van der Waals surface area (Å²) < 4.78 is 20.4. The largest absolute Gasteiger partial charge is 0.491 e. The predicted octanol–water partition coefficient (Wildman–Crippen LogP) is 3.68. The Morgan fingerprint density at radius 1 is 1.05 bits per heavy atom. The highest BCUT2D eigenvalue weighted by Crippen LogP contribution is 2.29. The van der Waals surface area contributed by atoms with Crippen LogP contribution in [0.4, 0.5) is 4.39 Å². The van der Waals surface area contributed by atoms with Crippen LogP contribution < -0.4 is 15.4 Å². The lowest BCUT2D eigenvalue weighted by molar-refractivity contribution is -0.133. The van der Waals surface area contributed by atoms with Crippen LogP contribution in [-0.4, -0.2) is 50.4 Å².